The fourth-order valence-corrected chi connectivity index (χ4v) is 5.03. The summed E-state index contributed by atoms with van der Waals surface area (Å²) >= 11 is 4.13. The van der Waals surface area contributed by atoms with Crippen LogP contribution in [0.4, 0.5) is 0 Å². The Morgan fingerprint density at radius 2 is 1.93 bits per heavy atom. The smallest absolute Gasteiger partial charge is 0.323 e. The van der Waals surface area contributed by atoms with Crippen LogP contribution in [-0.4, -0.2) is 34.1 Å². The van der Waals surface area contributed by atoms with E-state index in [4.69, 9.17) is 4.74 Å². The highest BCUT2D eigenvalue weighted by atomic mass is 32.2. The topological polar surface area (TPSA) is 69.2 Å². The average Bonchev–Trinajstić information content (AvgIpc) is 3.30. The quantitative estimate of drug-likeness (QED) is 0.303. The summed E-state index contributed by atoms with van der Waals surface area (Å²) in [6.45, 7) is 3.79. The maximum Gasteiger partial charge on any atom is 0.323 e. The molecule has 5 nitrogen and oxygen atoms in total. The lowest BCUT2D eigenvalue weighted by Crippen LogP contribution is -2.25. The van der Waals surface area contributed by atoms with E-state index in [1.54, 1.807) is 6.92 Å². The molecule has 0 saturated heterocycles. The Morgan fingerprint density at radius 1 is 1.15 bits per heavy atom. The molecule has 0 N–H and O–H groups in total. The van der Waals surface area contributed by atoms with Crippen LogP contribution in [0.2, 0.25) is 0 Å². The van der Waals surface area contributed by atoms with E-state index in [0.29, 0.717) is 5.01 Å². The zero-order chi connectivity index (χ0) is 19.2. The van der Waals surface area contributed by atoms with Crippen LogP contribution in [0.25, 0.3) is 11.3 Å². The summed E-state index contributed by atoms with van der Waals surface area (Å²) in [7, 11) is 0. The molecule has 27 heavy (non-hydrogen) atoms. The first-order valence-electron chi connectivity index (χ1n) is 8.33. The van der Waals surface area contributed by atoms with E-state index in [1.165, 1.54) is 34.4 Å². The fraction of sp³-hybridized carbons (Fsp3) is 0.263. The predicted molar refractivity (Wildman–Crippen MR) is 110 cm³/mol. The Labute approximate surface area is 169 Å². The van der Waals surface area contributed by atoms with Crippen LogP contribution >= 0.6 is 34.4 Å². The van der Waals surface area contributed by atoms with Crippen LogP contribution in [0.1, 0.15) is 23.5 Å². The molecule has 140 valence electrons. The second-order valence-corrected chi connectivity index (χ2v) is 8.60. The van der Waals surface area contributed by atoms with Gasteiger partial charge in [0, 0.05) is 22.0 Å². The minimum Gasteiger partial charge on any atom is -0.465 e. The standard InChI is InChI=1S/C19H18N2O3S3/c1-3-24-18(23)16(17-20-12(2)9-25-17)15(22)11-27-19-21-14(10-26-19)13-7-5-4-6-8-13/h4-10,16H,3,11H2,1-2H3. The van der Waals surface area contributed by atoms with Crippen molar-refractivity contribution in [2.75, 3.05) is 12.4 Å². The number of esters is 1. The molecule has 0 saturated carbocycles. The summed E-state index contributed by atoms with van der Waals surface area (Å²) < 4.78 is 5.88. The molecule has 0 aliphatic rings. The Hall–Kier alpha value is -2.03. The van der Waals surface area contributed by atoms with Gasteiger partial charge >= 0.3 is 5.97 Å². The van der Waals surface area contributed by atoms with Crippen molar-refractivity contribution in [1.82, 2.24) is 9.97 Å². The first-order valence-corrected chi connectivity index (χ1v) is 11.1. The summed E-state index contributed by atoms with van der Waals surface area (Å²) in [5.74, 6) is -1.58. The second kappa shape index (κ2) is 9.25. The predicted octanol–water partition coefficient (Wildman–Crippen LogP) is 4.58. The van der Waals surface area contributed by atoms with Gasteiger partial charge in [-0.2, -0.15) is 0 Å². The molecular formula is C19H18N2O3S3. The number of thiazole rings is 2. The van der Waals surface area contributed by atoms with E-state index in [9.17, 15) is 9.59 Å². The SMILES string of the molecule is CCOC(=O)C(C(=O)CSc1nc(-c2ccccc2)cs1)c1nc(C)cs1. The zero-order valence-corrected chi connectivity index (χ0v) is 17.3. The molecular weight excluding hydrogens is 400 g/mol. The van der Waals surface area contributed by atoms with Crippen LogP contribution in [0, 0.1) is 6.92 Å². The number of nitrogens with zero attached hydrogens (tertiary/aromatic N) is 2. The van der Waals surface area contributed by atoms with Gasteiger partial charge in [-0.25, -0.2) is 9.97 Å². The molecule has 8 heteroatoms. The number of carbonyl (C=O) groups is 2. The zero-order valence-electron chi connectivity index (χ0n) is 14.9. The fourth-order valence-electron chi connectivity index (χ4n) is 2.38. The van der Waals surface area contributed by atoms with Crippen LogP contribution in [0.5, 0.6) is 0 Å². The third kappa shape index (κ3) is 5.03. The summed E-state index contributed by atoms with van der Waals surface area (Å²) in [4.78, 5) is 33.9. The van der Waals surface area contributed by atoms with E-state index in [0.717, 1.165) is 21.3 Å². The minimum absolute atomic E-state index is 0.143. The van der Waals surface area contributed by atoms with Gasteiger partial charge in [-0.3, -0.25) is 9.59 Å². The number of aryl methyl sites for hydroxylation is 1. The molecule has 0 aliphatic carbocycles. The Bertz CT molecular complexity index is 921. The van der Waals surface area contributed by atoms with Crippen molar-refractivity contribution in [2.45, 2.75) is 24.1 Å². The normalized spacial score (nSPS) is 11.9. The molecule has 0 spiro atoms. The van der Waals surface area contributed by atoms with Crippen molar-refractivity contribution >= 4 is 46.2 Å². The number of ketones is 1. The van der Waals surface area contributed by atoms with Gasteiger partial charge in [-0.1, -0.05) is 42.1 Å². The number of rotatable bonds is 8. The minimum atomic E-state index is -0.968. The Morgan fingerprint density at radius 3 is 2.59 bits per heavy atom. The first kappa shape index (κ1) is 19.7. The third-order valence-corrected chi connectivity index (χ3v) is 6.69. The van der Waals surface area contributed by atoms with Gasteiger partial charge in [-0.15, -0.1) is 22.7 Å². The van der Waals surface area contributed by atoms with Crippen molar-refractivity contribution < 1.29 is 14.3 Å². The maximum absolute atomic E-state index is 12.7. The third-order valence-electron chi connectivity index (χ3n) is 3.62. The summed E-state index contributed by atoms with van der Waals surface area (Å²) in [5.41, 5.74) is 2.71. The molecule has 0 bridgehead atoms. The number of aromatic nitrogens is 2. The Kier molecular flexibility index (Phi) is 6.76. The summed E-state index contributed by atoms with van der Waals surface area (Å²) in [5, 5.41) is 4.28. The summed E-state index contributed by atoms with van der Waals surface area (Å²) in [6, 6.07) is 9.88. The molecule has 0 amide bonds. The highest BCUT2D eigenvalue weighted by molar-refractivity contribution is 8.01. The van der Waals surface area contributed by atoms with Crippen molar-refractivity contribution in [3.05, 3.63) is 51.8 Å². The van der Waals surface area contributed by atoms with Crippen molar-refractivity contribution in [3.63, 3.8) is 0 Å². The molecule has 2 aromatic heterocycles. The largest absolute Gasteiger partial charge is 0.465 e. The van der Waals surface area contributed by atoms with Gasteiger partial charge in [0.15, 0.2) is 16.0 Å². The van der Waals surface area contributed by atoms with Gasteiger partial charge in [-0.05, 0) is 13.8 Å². The molecule has 0 aliphatic heterocycles. The molecule has 0 fully saturated rings. The lowest BCUT2D eigenvalue weighted by Gasteiger charge is -2.11. The van der Waals surface area contributed by atoms with Crippen molar-refractivity contribution in [3.8, 4) is 11.3 Å². The van der Waals surface area contributed by atoms with Gasteiger partial charge in [0.2, 0.25) is 0 Å². The molecule has 1 aromatic carbocycles. The first-order chi connectivity index (χ1) is 13.1. The number of carbonyl (C=O) groups excluding carboxylic acids is 2. The van der Waals surface area contributed by atoms with E-state index >= 15 is 0 Å². The number of benzene rings is 1. The number of hydrogen-bond acceptors (Lipinski definition) is 8. The van der Waals surface area contributed by atoms with Gasteiger partial charge in [0.05, 0.1) is 18.1 Å². The van der Waals surface area contributed by atoms with Crippen molar-refractivity contribution in [2.24, 2.45) is 0 Å². The van der Waals surface area contributed by atoms with E-state index in [2.05, 4.69) is 9.97 Å². The molecule has 2 heterocycles. The van der Waals surface area contributed by atoms with Gasteiger partial charge < -0.3 is 4.74 Å². The second-order valence-electron chi connectivity index (χ2n) is 5.63. The van der Waals surface area contributed by atoms with E-state index < -0.39 is 11.9 Å². The maximum atomic E-state index is 12.7. The molecule has 3 aromatic rings. The number of hydrogen-bond donors (Lipinski definition) is 0. The monoisotopic (exact) mass is 418 g/mol. The van der Waals surface area contributed by atoms with E-state index in [1.807, 2.05) is 48.0 Å². The lowest BCUT2D eigenvalue weighted by molar-refractivity contribution is -0.147. The average molecular weight is 419 g/mol. The van der Waals surface area contributed by atoms with Crippen LogP contribution in [0.15, 0.2) is 45.4 Å². The molecule has 1 atom stereocenters. The highest BCUT2D eigenvalue weighted by Gasteiger charge is 2.32. The van der Waals surface area contributed by atoms with Crippen LogP contribution in [0.3, 0.4) is 0 Å². The van der Waals surface area contributed by atoms with Crippen LogP contribution in [-0.2, 0) is 14.3 Å². The molecule has 3 rings (SSSR count). The number of ether oxygens (including phenoxy) is 1. The Balaban J connectivity index is 1.69. The van der Waals surface area contributed by atoms with E-state index in [-0.39, 0.29) is 18.1 Å². The van der Waals surface area contributed by atoms with Crippen LogP contribution < -0.4 is 0 Å². The molecule has 1 unspecified atom stereocenters. The van der Waals surface area contributed by atoms with Gasteiger partial charge in [0.1, 0.15) is 5.01 Å². The van der Waals surface area contributed by atoms with Gasteiger partial charge in [0.25, 0.3) is 0 Å². The lowest BCUT2D eigenvalue weighted by atomic mass is 10.1. The number of Topliss-reactive ketones (excluding diaryl/α,β-unsaturated/α-hetero) is 1. The molecule has 0 radical (unpaired) electrons. The highest BCUT2D eigenvalue weighted by Crippen LogP contribution is 2.30. The summed E-state index contributed by atoms with van der Waals surface area (Å²) in [6.07, 6.45) is 0. The van der Waals surface area contributed by atoms with Crippen molar-refractivity contribution in [1.29, 1.82) is 0 Å². The number of thioether (sulfide) groups is 1.